The van der Waals surface area contributed by atoms with Gasteiger partial charge in [-0.15, -0.1) is 0 Å². The Labute approximate surface area is 116 Å². The summed E-state index contributed by atoms with van der Waals surface area (Å²) >= 11 is 0. The van der Waals surface area contributed by atoms with Gasteiger partial charge in [0.25, 0.3) is 0 Å². The number of likely N-dealkylation sites (tertiary alicyclic amines) is 1. The van der Waals surface area contributed by atoms with Gasteiger partial charge in [-0.2, -0.15) is 0 Å². The molecule has 0 aromatic heterocycles. The lowest BCUT2D eigenvalue weighted by molar-refractivity contribution is 0.112. The van der Waals surface area contributed by atoms with Gasteiger partial charge in [-0.3, -0.25) is 4.90 Å². The third-order valence-corrected chi connectivity index (χ3v) is 4.09. The second kappa shape index (κ2) is 6.92. The number of phenols is 1. The van der Waals surface area contributed by atoms with Crippen molar-refractivity contribution in [2.75, 3.05) is 13.1 Å². The highest BCUT2D eigenvalue weighted by Crippen LogP contribution is 2.22. The smallest absolute Gasteiger partial charge is 0.115 e. The van der Waals surface area contributed by atoms with Gasteiger partial charge < -0.3 is 10.4 Å². The number of piperidine rings is 1. The summed E-state index contributed by atoms with van der Waals surface area (Å²) < 4.78 is 0. The fourth-order valence-electron chi connectivity index (χ4n) is 3.07. The van der Waals surface area contributed by atoms with Gasteiger partial charge in [0.15, 0.2) is 0 Å². The number of benzene rings is 1. The van der Waals surface area contributed by atoms with Crippen molar-refractivity contribution in [1.29, 1.82) is 0 Å². The Morgan fingerprint density at radius 2 is 2.05 bits per heavy atom. The second-order valence-electron chi connectivity index (χ2n) is 5.55. The zero-order valence-corrected chi connectivity index (χ0v) is 12.1. The van der Waals surface area contributed by atoms with Gasteiger partial charge in [0.05, 0.1) is 0 Å². The number of rotatable bonds is 5. The average Bonchev–Trinajstić information content (AvgIpc) is 2.42. The van der Waals surface area contributed by atoms with Crippen LogP contribution >= 0.6 is 0 Å². The number of aromatic hydroxyl groups is 1. The first kappa shape index (κ1) is 14.4. The van der Waals surface area contributed by atoms with Crippen LogP contribution in [0.15, 0.2) is 24.3 Å². The second-order valence-corrected chi connectivity index (χ2v) is 5.55. The Morgan fingerprint density at radius 1 is 1.32 bits per heavy atom. The predicted molar refractivity (Wildman–Crippen MR) is 79.3 cm³/mol. The highest BCUT2D eigenvalue weighted by molar-refractivity contribution is 5.25. The van der Waals surface area contributed by atoms with E-state index in [4.69, 9.17) is 0 Å². The third-order valence-electron chi connectivity index (χ3n) is 4.09. The molecule has 0 bridgehead atoms. The van der Waals surface area contributed by atoms with E-state index in [0.717, 1.165) is 13.1 Å². The molecule has 0 spiro atoms. The number of nitrogens with zero attached hydrogens (tertiary/aromatic N) is 1. The van der Waals surface area contributed by atoms with Crippen LogP contribution in [0.2, 0.25) is 0 Å². The van der Waals surface area contributed by atoms with Crippen molar-refractivity contribution in [2.24, 2.45) is 0 Å². The largest absolute Gasteiger partial charge is 0.508 e. The summed E-state index contributed by atoms with van der Waals surface area (Å²) in [7, 11) is 0. The molecule has 3 nitrogen and oxygen atoms in total. The van der Waals surface area contributed by atoms with E-state index in [1.807, 2.05) is 12.1 Å². The standard InChI is InChI=1S/C16H26N2O/c1-3-17-13(2)16-6-4-5-11-18(16)12-14-7-9-15(19)10-8-14/h7-10,13,16-17,19H,3-6,11-12H2,1-2H3. The maximum Gasteiger partial charge on any atom is 0.115 e. The highest BCUT2D eigenvalue weighted by Gasteiger charge is 2.26. The molecular weight excluding hydrogens is 236 g/mol. The summed E-state index contributed by atoms with van der Waals surface area (Å²) in [5.41, 5.74) is 1.29. The third kappa shape index (κ3) is 3.95. The summed E-state index contributed by atoms with van der Waals surface area (Å²) in [4.78, 5) is 2.59. The van der Waals surface area contributed by atoms with E-state index in [0.29, 0.717) is 17.8 Å². The van der Waals surface area contributed by atoms with E-state index in [2.05, 4.69) is 24.1 Å². The zero-order chi connectivity index (χ0) is 13.7. The molecule has 1 aliphatic rings. The van der Waals surface area contributed by atoms with Crippen molar-refractivity contribution >= 4 is 0 Å². The van der Waals surface area contributed by atoms with Gasteiger partial charge in [-0.25, -0.2) is 0 Å². The van der Waals surface area contributed by atoms with Crippen LogP contribution in [0, 0.1) is 0 Å². The molecule has 1 fully saturated rings. The molecule has 1 saturated heterocycles. The Balaban J connectivity index is 2.00. The van der Waals surface area contributed by atoms with Crippen molar-refractivity contribution in [3.8, 4) is 5.75 Å². The Hall–Kier alpha value is -1.06. The number of hydrogen-bond donors (Lipinski definition) is 2. The molecule has 19 heavy (non-hydrogen) atoms. The lowest BCUT2D eigenvalue weighted by Gasteiger charge is -2.39. The van der Waals surface area contributed by atoms with E-state index in [9.17, 15) is 5.11 Å². The molecule has 0 saturated carbocycles. The molecule has 106 valence electrons. The summed E-state index contributed by atoms with van der Waals surface area (Å²) in [6, 6.07) is 8.78. The van der Waals surface area contributed by atoms with Crippen LogP contribution < -0.4 is 5.32 Å². The minimum absolute atomic E-state index is 0.347. The molecule has 2 rings (SSSR count). The minimum atomic E-state index is 0.347. The predicted octanol–water partition coefficient (Wildman–Crippen LogP) is 2.74. The number of phenolic OH excluding ortho intramolecular Hbond substituents is 1. The van der Waals surface area contributed by atoms with E-state index >= 15 is 0 Å². The fraction of sp³-hybridized carbons (Fsp3) is 0.625. The van der Waals surface area contributed by atoms with Gasteiger partial charge in [0.2, 0.25) is 0 Å². The van der Waals surface area contributed by atoms with Gasteiger partial charge in [-0.1, -0.05) is 25.5 Å². The van der Waals surface area contributed by atoms with E-state index < -0.39 is 0 Å². The lowest BCUT2D eigenvalue weighted by atomic mass is 9.95. The van der Waals surface area contributed by atoms with Gasteiger partial charge >= 0.3 is 0 Å². The van der Waals surface area contributed by atoms with Crippen LogP contribution in [0.1, 0.15) is 38.7 Å². The molecule has 3 heteroatoms. The first-order chi connectivity index (χ1) is 9.20. The molecule has 1 aromatic rings. The maximum atomic E-state index is 9.35. The fourth-order valence-corrected chi connectivity index (χ4v) is 3.07. The van der Waals surface area contributed by atoms with Gasteiger partial charge in [0.1, 0.15) is 5.75 Å². The van der Waals surface area contributed by atoms with Crippen LogP contribution in [0.4, 0.5) is 0 Å². The monoisotopic (exact) mass is 262 g/mol. The molecule has 0 radical (unpaired) electrons. The molecule has 0 amide bonds. The summed E-state index contributed by atoms with van der Waals surface area (Å²) in [6.45, 7) is 7.67. The summed E-state index contributed by atoms with van der Waals surface area (Å²) in [5.74, 6) is 0.347. The number of nitrogens with one attached hydrogen (secondary N) is 1. The first-order valence-electron chi connectivity index (χ1n) is 7.46. The highest BCUT2D eigenvalue weighted by atomic mass is 16.3. The van der Waals surface area contributed by atoms with E-state index in [1.165, 1.54) is 31.4 Å². The van der Waals surface area contributed by atoms with Crippen LogP contribution in [-0.2, 0) is 6.54 Å². The molecule has 2 unspecified atom stereocenters. The van der Waals surface area contributed by atoms with Crippen molar-refractivity contribution in [3.63, 3.8) is 0 Å². The molecule has 1 heterocycles. The van der Waals surface area contributed by atoms with Crippen LogP contribution in [0.25, 0.3) is 0 Å². The SMILES string of the molecule is CCNC(C)C1CCCCN1Cc1ccc(O)cc1. The van der Waals surface area contributed by atoms with Crippen molar-refractivity contribution in [2.45, 2.75) is 51.7 Å². The quantitative estimate of drug-likeness (QED) is 0.856. The van der Waals surface area contributed by atoms with E-state index in [-0.39, 0.29) is 0 Å². The van der Waals surface area contributed by atoms with Crippen LogP contribution in [0.5, 0.6) is 5.75 Å². The van der Waals surface area contributed by atoms with Crippen molar-refractivity contribution in [3.05, 3.63) is 29.8 Å². The molecular formula is C16H26N2O. The number of likely N-dealkylation sites (N-methyl/N-ethyl adjacent to an activating group) is 1. The topological polar surface area (TPSA) is 35.5 Å². The normalized spacial score (nSPS) is 22.3. The molecule has 1 aromatic carbocycles. The molecule has 2 N–H and O–H groups in total. The molecule has 0 aliphatic carbocycles. The van der Waals surface area contributed by atoms with E-state index in [1.54, 1.807) is 12.1 Å². The lowest BCUT2D eigenvalue weighted by Crippen LogP contribution is -2.50. The first-order valence-corrected chi connectivity index (χ1v) is 7.46. The van der Waals surface area contributed by atoms with Gasteiger partial charge in [-0.05, 0) is 50.6 Å². The Morgan fingerprint density at radius 3 is 2.74 bits per heavy atom. The van der Waals surface area contributed by atoms with Crippen molar-refractivity contribution < 1.29 is 5.11 Å². The Kier molecular flexibility index (Phi) is 5.23. The maximum absolute atomic E-state index is 9.35. The Bertz CT molecular complexity index is 377. The summed E-state index contributed by atoms with van der Waals surface area (Å²) in [6.07, 6.45) is 3.92. The molecule has 2 atom stereocenters. The molecule has 1 aliphatic heterocycles. The van der Waals surface area contributed by atoms with Crippen molar-refractivity contribution in [1.82, 2.24) is 10.2 Å². The summed E-state index contributed by atoms with van der Waals surface area (Å²) in [5, 5.41) is 12.9. The van der Waals surface area contributed by atoms with Crippen LogP contribution in [-0.4, -0.2) is 35.2 Å². The van der Waals surface area contributed by atoms with Crippen LogP contribution in [0.3, 0.4) is 0 Å². The average molecular weight is 262 g/mol. The minimum Gasteiger partial charge on any atom is -0.508 e. The number of hydrogen-bond acceptors (Lipinski definition) is 3. The van der Waals surface area contributed by atoms with Gasteiger partial charge in [0, 0.05) is 18.6 Å². The zero-order valence-electron chi connectivity index (χ0n) is 12.1.